The Bertz CT molecular complexity index is 1690. The van der Waals surface area contributed by atoms with E-state index in [1.165, 1.54) is 24.2 Å². The number of amides is 4. The van der Waals surface area contributed by atoms with Crippen LogP contribution in [-0.2, 0) is 11.2 Å². The number of ether oxygens (including phenoxy) is 1. The Labute approximate surface area is 251 Å². The number of fused-ring (bicyclic) bond motifs is 4. The number of nitrogens with zero attached hydrogens (tertiary/aromatic N) is 2. The third-order valence-electron chi connectivity index (χ3n) is 9.29. The zero-order chi connectivity index (χ0) is 29.5. The molecule has 2 fully saturated rings. The van der Waals surface area contributed by atoms with E-state index < -0.39 is 12.1 Å². The molecule has 7 rings (SSSR count). The van der Waals surface area contributed by atoms with Crippen LogP contribution in [0.3, 0.4) is 0 Å². The quantitative estimate of drug-likeness (QED) is 0.265. The van der Waals surface area contributed by atoms with Gasteiger partial charge in [-0.15, -0.1) is 0 Å². The summed E-state index contributed by atoms with van der Waals surface area (Å²) >= 11 is 0. The highest BCUT2D eigenvalue weighted by Crippen LogP contribution is 2.45. The molecule has 1 saturated heterocycles. The number of hydrogen-bond acceptors (Lipinski definition) is 4. The number of rotatable bonds is 5. The number of para-hydroxylation sites is 1. The Morgan fingerprint density at radius 2 is 1.65 bits per heavy atom. The normalized spacial score (nSPS) is 20.9. The van der Waals surface area contributed by atoms with Gasteiger partial charge in [0.2, 0.25) is 0 Å². The summed E-state index contributed by atoms with van der Waals surface area (Å²) in [5, 5.41) is 4.26. The third-order valence-corrected chi connectivity index (χ3v) is 9.29. The van der Waals surface area contributed by atoms with Gasteiger partial charge in [0.05, 0.1) is 12.8 Å². The van der Waals surface area contributed by atoms with Gasteiger partial charge in [0.15, 0.2) is 0 Å². The predicted molar refractivity (Wildman–Crippen MR) is 165 cm³/mol. The molecule has 2 aliphatic heterocycles. The van der Waals surface area contributed by atoms with Gasteiger partial charge < -0.3 is 15.0 Å². The van der Waals surface area contributed by atoms with Crippen molar-refractivity contribution in [3.63, 3.8) is 0 Å². The SMILES string of the molecule is COc1cccc(C2c3[nH]c4ccccc4c3C[C@H]3C(=O)N(c4ccc(C(=O)NC5CCCCCCC5)cc4)C(=O)N23)c1. The highest BCUT2D eigenvalue weighted by atomic mass is 16.5. The number of anilines is 1. The standard InChI is InChI=1S/C35H36N4O4/c1-43-26-13-9-10-23(20-26)32-31-28(27-14-7-8-15-29(27)37-31)21-30-34(41)38(35(42)39(30)32)25-18-16-22(17-19-25)33(40)36-24-11-5-3-2-4-6-12-24/h7-10,13-20,24,30,32,37H,2-6,11-12,21H2,1H3,(H,36,40)/t30-,32?/m0/s1. The van der Waals surface area contributed by atoms with Crippen molar-refractivity contribution in [3.8, 4) is 5.75 Å². The van der Waals surface area contributed by atoms with Gasteiger partial charge in [-0.3, -0.25) is 14.5 Å². The first-order valence-corrected chi connectivity index (χ1v) is 15.3. The van der Waals surface area contributed by atoms with Gasteiger partial charge in [-0.25, -0.2) is 9.69 Å². The lowest BCUT2D eigenvalue weighted by Gasteiger charge is -2.36. The molecule has 2 atom stereocenters. The highest BCUT2D eigenvalue weighted by molar-refractivity contribution is 6.22. The number of nitrogens with one attached hydrogen (secondary N) is 2. The van der Waals surface area contributed by atoms with Crippen LogP contribution in [0.4, 0.5) is 10.5 Å². The minimum Gasteiger partial charge on any atom is -0.497 e. The number of aromatic nitrogens is 1. The lowest BCUT2D eigenvalue weighted by atomic mass is 9.89. The fraction of sp³-hybridized carbons (Fsp3) is 0.343. The fourth-order valence-corrected chi connectivity index (χ4v) is 7.10. The van der Waals surface area contributed by atoms with Crippen LogP contribution >= 0.6 is 0 Å². The van der Waals surface area contributed by atoms with Crippen molar-refractivity contribution in [2.75, 3.05) is 12.0 Å². The third kappa shape index (κ3) is 4.84. The van der Waals surface area contributed by atoms with Crippen LogP contribution in [-0.4, -0.2) is 46.9 Å². The van der Waals surface area contributed by atoms with Gasteiger partial charge in [0.25, 0.3) is 11.8 Å². The van der Waals surface area contributed by atoms with Gasteiger partial charge in [-0.1, -0.05) is 62.4 Å². The maximum atomic E-state index is 14.2. The van der Waals surface area contributed by atoms with Crippen LogP contribution in [0.15, 0.2) is 72.8 Å². The molecule has 8 heteroatoms. The van der Waals surface area contributed by atoms with Gasteiger partial charge in [-0.05, 0) is 66.4 Å². The molecule has 0 bridgehead atoms. The summed E-state index contributed by atoms with van der Waals surface area (Å²) in [6.07, 6.45) is 8.41. The van der Waals surface area contributed by atoms with Gasteiger partial charge in [0.1, 0.15) is 17.8 Å². The molecule has 220 valence electrons. The van der Waals surface area contributed by atoms with Crippen LogP contribution in [0.25, 0.3) is 10.9 Å². The summed E-state index contributed by atoms with van der Waals surface area (Å²) in [4.78, 5) is 47.7. The molecule has 3 heterocycles. The molecule has 1 aliphatic carbocycles. The first kappa shape index (κ1) is 27.3. The second-order valence-electron chi connectivity index (χ2n) is 11.9. The van der Waals surface area contributed by atoms with E-state index in [0.717, 1.165) is 53.4 Å². The van der Waals surface area contributed by atoms with Crippen molar-refractivity contribution in [2.45, 2.75) is 69.5 Å². The number of aromatic amines is 1. The average Bonchev–Trinajstić information content (AvgIpc) is 3.51. The van der Waals surface area contributed by atoms with Crippen molar-refractivity contribution >= 4 is 34.4 Å². The lowest BCUT2D eigenvalue weighted by molar-refractivity contribution is -0.120. The predicted octanol–water partition coefficient (Wildman–Crippen LogP) is 6.50. The summed E-state index contributed by atoms with van der Waals surface area (Å²) in [5.41, 5.74) is 4.79. The van der Waals surface area contributed by atoms with E-state index in [-0.39, 0.29) is 23.9 Å². The van der Waals surface area contributed by atoms with Crippen molar-refractivity contribution in [2.24, 2.45) is 0 Å². The van der Waals surface area contributed by atoms with Gasteiger partial charge >= 0.3 is 6.03 Å². The van der Waals surface area contributed by atoms with E-state index in [0.29, 0.717) is 23.4 Å². The van der Waals surface area contributed by atoms with Crippen LogP contribution in [0, 0.1) is 0 Å². The number of H-pyrrole nitrogens is 1. The maximum Gasteiger partial charge on any atom is 0.332 e. The first-order valence-electron chi connectivity index (χ1n) is 15.3. The Kier molecular flexibility index (Phi) is 7.13. The molecule has 8 nitrogen and oxygen atoms in total. The molecule has 2 N–H and O–H groups in total. The van der Waals surface area contributed by atoms with Crippen LogP contribution in [0.1, 0.15) is 78.2 Å². The second kappa shape index (κ2) is 11.2. The maximum absolute atomic E-state index is 14.2. The molecular weight excluding hydrogens is 540 g/mol. The van der Waals surface area contributed by atoms with E-state index in [4.69, 9.17) is 4.74 Å². The molecule has 1 aromatic heterocycles. The van der Waals surface area contributed by atoms with Crippen LogP contribution < -0.4 is 15.0 Å². The zero-order valence-electron chi connectivity index (χ0n) is 24.3. The zero-order valence-corrected chi connectivity index (χ0v) is 24.3. The van der Waals surface area contributed by atoms with Crippen molar-refractivity contribution in [1.29, 1.82) is 0 Å². The van der Waals surface area contributed by atoms with E-state index in [2.05, 4.69) is 16.4 Å². The summed E-state index contributed by atoms with van der Waals surface area (Å²) in [7, 11) is 1.62. The molecule has 0 spiro atoms. The Hall–Kier alpha value is -4.59. The largest absolute Gasteiger partial charge is 0.497 e. The molecule has 43 heavy (non-hydrogen) atoms. The number of imide groups is 1. The highest BCUT2D eigenvalue weighted by Gasteiger charge is 2.53. The van der Waals surface area contributed by atoms with E-state index in [1.807, 2.05) is 42.5 Å². The van der Waals surface area contributed by atoms with Crippen molar-refractivity contribution in [3.05, 3.63) is 95.2 Å². The Morgan fingerprint density at radius 1 is 0.907 bits per heavy atom. The number of carbonyl (C=O) groups excluding carboxylic acids is 3. The first-order chi connectivity index (χ1) is 21.0. The molecule has 4 amide bonds. The smallest absolute Gasteiger partial charge is 0.332 e. The number of urea groups is 1. The molecule has 4 aromatic rings. The van der Waals surface area contributed by atoms with E-state index >= 15 is 0 Å². The molecular formula is C35H36N4O4. The van der Waals surface area contributed by atoms with Crippen LogP contribution in [0.5, 0.6) is 5.75 Å². The van der Waals surface area contributed by atoms with E-state index in [1.54, 1.807) is 36.3 Å². The van der Waals surface area contributed by atoms with Crippen molar-refractivity contribution in [1.82, 2.24) is 15.2 Å². The fourth-order valence-electron chi connectivity index (χ4n) is 7.10. The summed E-state index contributed by atoms with van der Waals surface area (Å²) < 4.78 is 5.51. The average molecular weight is 577 g/mol. The minimum absolute atomic E-state index is 0.114. The van der Waals surface area contributed by atoms with Gasteiger partial charge in [0, 0.05) is 34.6 Å². The van der Waals surface area contributed by atoms with Crippen LogP contribution in [0.2, 0.25) is 0 Å². The number of hydrogen-bond donors (Lipinski definition) is 2. The van der Waals surface area contributed by atoms with Gasteiger partial charge in [-0.2, -0.15) is 0 Å². The Balaban J connectivity index is 1.19. The molecule has 3 aromatic carbocycles. The summed E-state index contributed by atoms with van der Waals surface area (Å²) in [5.74, 6) is 0.304. The topological polar surface area (TPSA) is 94.7 Å². The van der Waals surface area contributed by atoms with Crippen molar-refractivity contribution < 1.29 is 19.1 Å². The molecule has 1 unspecified atom stereocenters. The lowest BCUT2D eigenvalue weighted by Crippen LogP contribution is -2.44. The van der Waals surface area contributed by atoms with E-state index in [9.17, 15) is 14.4 Å². The Morgan fingerprint density at radius 3 is 2.42 bits per heavy atom. The number of benzene rings is 3. The number of methoxy groups -OCH3 is 1. The number of carbonyl (C=O) groups is 3. The summed E-state index contributed by atoms with van der Waals surface area (Å²) in [6.45, 7) is 0. The monoisotopic (exact) mass is 576 g/mol. The molecule has 1 saturated carbocycles. The minimum atomic E-state index is -0.655. The molecule has 3 aliphatic rings. The second-order valence-corrected chi connectivity index (χ2v) is 11.9. The summed E-state index contributed by atoms with van der Waals surface area (Å²) in [6, 6.07) is 21.2. The molecule has 0 radical (unpaired) electrons.